The van der Waals surface area contributed by atoms with Gasteiger partial charge in [0.15, 0.2) is 5.11 Å². The van der Waals surface area contributed by atoms with Crippen LogP contribution in [0.2, 0.25) is 5.02 Å². The number of anilines is 3. The average molecular weight is 504 g/mol. The molecule has 3 N–H and O–H groups in total. The highest BCUT2D eigenvalue weighted by Crippen LogP contribution is 2.33. The number of halogens is 2. The van der Waals surface area contributed by atoms with Crippen molar-refractivity contribution in [3.05, 3.63) is 52.8 Å². The van der Waals surface area contributed by atoms with Gasteiger partial charge in [0.2, 0.25) is 0 Å². The first-order chi connectivity index (χ1) is 16.3. The van der Waals surface area contributed by atoms with E-state index in [0.29, 0.717) is 17.3 Å². The fraction of sp³-hybridized carbons (Fsp3) is 0.417. The summed E-state index contributed by atoms with van der Waals surface area (Å²) >= 11 is 11.0. The number of hydrogen-bond donors (Lipinski definition) is 2. The summed E-state index contributed by atoms with van der Waals surface area (Å²) in [6.07, 6.45) is 2.64. The van der Waals surface area contributed by atoms with Crippen LogP contribution >= 0.6 is 23.8 Å². The van der Waals surface area contributed by atoms with Crippen molar-refractivity contribution in [2.75, 3.05) is 68.1 Å². The number of nitrogens with zero attached hydrogens (tertiary/aromatic N) is 5. The van der Waals surface area contributed by atoms with Gasteiger partial charge in [0.05, 0.1) is 11.9 Å². The molecule has 2 aliphatic rings. The molecule has 182 valence electrons. The maximum absolute atomic E-state index is 15.3. The standard InChI is InChI=1S/C24H31ClFN7S/c1-30(2)20-6-7-33(16-20)22-14-23(21(26)12-17(22)15-28-29-24(27)34)32-10-8-31(9-11-32)19-5-3-4-18(25)13-19/h3-5,12-15,20H,6-11,16H2,1-2H3,(H3,27,29,34)/b28-15+/t20-/m0/s1. The van der Waals surface area contributed by atoms with Crippen LogP contribution in [0.25, 0.3) is 0 Å². The largest absolute Gasteiger partial charge is 0.375 e. The summed E-state index contributed by atoms with van der Waals surface area (Å²) in [6.45, 7) is 4.81. The summed E-state index contributed by atoms with van der Waals surface area (Å²) in [7, 11) is 4.19. The van der Waals surface area contributed by atoms with Crippen LogP contribution in [-0.2, 0) is 0 Å². The molecule has 10 heteroatoms. The summed E-state index contributed by atoms with van der Waals surface area (Å²) in [5.41, 5.74) is 11.4. The first-order valence-corrected chi connectivity index (χ1v) is 12.2. The van der Waals surface area contributed by atoms with Gasteiger partial charge in [-0.2, -0.15) is 5.10 Å². The Morgan fingerprint density at radius 1 is 1.12 bits per heavy atom. The lowest BCUT2D eigenvalue weighted by Crippen LogP contribution is -2.47. The Labute approximate surface area is 210 Å². The van der Waals surface area contributed by atoms with Gasteiger partial charge in [-0.05, 0) is 63.1 Å². The van der Waals surface area contributed by atoms with Crippen molar-refractivity contribution in [2.24, 2.45) is 10.8 Å². The Balaban J connectivity index is 1.57. The predicted octanol–water partition coefficient (Wildman–Crippen LogP) is 3.11. The number of benzene rings is 2. The fourth-order valence-electron chi connectivity index (χ4n) is 4.61. The number of hydrazone groups is 1. The van der Waals surface area contributed by atoms with E-state index in [2.05, 4.69) is 50.3 Å². The van der Waals surface area contributed by atoms with Gasteiger partial charge in [-0.15, -0.1) is 0 Å². The minimum atomic E-state index is -0.264. The molecule has 2 heterocycles. The van der Waals surface area contributed by atoms with Crippen molar-refractivity contribution in [1.29, 1.82) is 0 Å². The van der Waals surface area contributed by atoms with Crippen LogP contribution in [-0.4, -0.2) is 75.6 Å². The topological polar surface area (TPSA) is 63.4 Å². The van der Waals surface area contributed by atoms with Crippen LogP contribution in [0.3, 0.4) is 0 Å². The third-order valence-corrected chi connectivity index (χ3v) is 6.83. The van der Waals surface area contributed by atoms with Gasteiger partial charge in [-0.1, -0.05) is 17.7 Å². The number of rotatable bonds is 6. The van der Waals surface area contributed by atoms with Crippen molar-refractivity contribution < 1.29 is 4.39 Å². The zero-order chi connectivity index (χ0) is 24.2. The Kier molecular flexibility index (Phi) is 7.75. The summed E-state index contributed by atoms with van der Waals surface area (Å²) in [6, 6.07) is 11.8. The monoisotopic (exact) mass is 503 g/mol. The van der Waals surface area contributed by atoms with Gasteiger partial charge < -0.3 is 25.3 Å². The number of thiocarbonyl (C=S) groups is 1. The Morgan fingerprint density at radius 3 is 2.50 bits per heavy atom. The maximum atomic E-state index is 15.3. The molecule has 7 nitrogen and oxygen atoms in total. The third-order valence-electron chi connectivity index (χ3n) is 6.50. The summed E-state index contributed by atoms with van der Waals surface area (Å²) < 4.78 is 15.3. The number of likely N-dealkylation sites (N-methyl/N-ethyl adjacent to an activating group) is 1. The van der Waals surface area contributed by atoms with Crippen LogP contribution in [0.1, 0.15) is 12.0 Å². The van der Waals surface area contributed by atoms with E-state index < -0.39 is 0 Å². The van der Waals surface area contributed by atoms with Crippen LogP contribution in [0.4, 0.5) is 21.5 Å². The lowest BCUT2D eigenvalue weighted by atomic mass is 10.1. The van der Waals surface area contributed by atoms with Gasteiger partial charge in [0.1, 0.15) is 5.82 Å². The van der Waals surface area contributed by atoms with Gasteiger partial charge in [0.25, 0.3) is 0 Å². The molecular formula is C24H31ClFN7S. The van der Waals surface area contributed by atoms with Gasteiger partial charge in [-0.25, -0.2) is 4.39 Å². The number of nitrogens with two attached hydrogens (primary N) is 1. The van der Waals surface area contributed by atoms with Crippen molar-refractivity contribution >= 4 is 52.2 Å². The molecule has 0 spiro atoms. The van der Waals surface area contributed by atoms with E-state index in [-0.39, 0.29) is 10.9 Å². The minimum Gasteiger partial charge on any atom is -0.375 e. The van der Waals surface area contributed by atoms with E-state index in [0.717, 1.165) is 62.1 Å². The highest BCUT2D eigenvalue weighted by molar-refractivity contribution is 7.80. The zero-order valence-corrected chi connectivity index (χ0v) is 21.1. The second-order valence-electron chi connectivity index (χ2n) is 8.90. The fourth-order valence-corrected chi connectivity index (χ4v) is 4.85. The molecule has 34 heavy (non-hydrogen) atoms. The molecule has 0 saturated carbocycles. The van der Waals surface area contributed by atoms with Crippen LogP contribution in [0.15, 0.2) is 41.5 Å². The first kappa shape index (κ1) is 24.5. The van der Waals surface area contributed by atoms with Crippen LogP contribution in [0.5, 0.6) is 0 Å². The average Bonchev–Trinajstić information content (AvgIpc) is 3.30. The van der Waals surface area contributed by atoms with Crippen molar-refractivity contribution in [1.82, 2.24) is 10.3 Å². The van der Waals surface area contributed by atoms with Crippen LogP contribution in [0, 0.1) is 5.82 Å². The van der Waals surface area contributed by atoms with E-state index in [1.165, 1.54) is 0 Å². The maximum Gasteiger partial charge on any atom is 0.184 e. The molecule has 4 rings (SSSR count). The van der Waals surface area contributed by atoms with Gasteiger partial charge >= 0.3 is 0 Å². The third kappa shape index (κ3) is 5.71. The van der Waals surface area contributed by atoms with E-state index >= 15 is 4.39 Å². The molecule has 0 unspecified atom stereocenters. The SMILES string of the molecule is CN(C)[C@H]1CCN(c2cc(N3CCN(c4cccc(Cl)c4)CC3)c(F)cc2/C=N/NC(N)=S)C1. The molecule has 1 atom stereocenters. The Morgan fingerprint density at radius 2 is 1.85 bits per heavy atom. The van der Waals surface area contributed by atoms with E-state index in [4.69, 9.17) is 29.6 Å². The molecule has 0 bridgehead atoms. The van der Waals surface area contributed by atoms with E-state index in [1.807, 2.05) is 24.3 Å². The number of piperazine rings is 1. The second-order valence-corrected chi connectivity index (χ2v) is 9.78. The molecule has 2 saturated heterocycles. The number of nitrogens with one attached hydrogen (secondary N) is 1. The molecule has 0 aromatic heterocycles. The minimum absolute atomic E-state index is 0.0707. The second kappa shape index (κ2) is 10.8. The smallest absolute Gasteiger partial charge is 0.184 e. The summed E-state index contributed by atoms with van der Waals surface area (Å²) in [5.74, 6) is -0.264. The molecular weight excluding hydrogens is 473 g/mol. The highest BCUT2D eigenvalue weighted by Gasteiger charge is 2.28. The van der Waals surface area contributed by atoms with Gasteiger partial charge in [-0.3, -0.25) is 5.43 Å². The molecule has 0 aliphatic carbocycles. The van der Waals surface area contributed by atoms with Crippen molar-refractivity contribution in [3.63, 3.8) is 0 Å². The van der Waals surface area contributed by atoms with Crippen LogP contribution < -0.4 is 25.9 Å². The Bertz CT molecular complexity index is 1060. The Hall–Kier alpha value is -2.62. The van der Waals surface area contributed by atoms with E-state index in [9.17, 15) is 0 Å². The number of hydrogen-bond acceptors (Lipinski definition) is 6. The summed E-state index contributed by atoms with van der Waals surface area (Å²) in [4.78, 5) is 8.94. The first-order valence-electron chi connectivity index (χ1n) is 11.4. The van der Waals surface area contributed by atoms with E-state index in [1.54, 1.807) is 12.3 Å². The normalized spacial score (nSPS) is 18.9. The molecule has 0 radical (unpaired) electrons. The molecule has 2 fully saturated rings. The lowest BCUT2D eigenvalue weighted by Gasteiger charge is -2.38. The van der Waals surface area contributed by atoms with Crippen molar-refractivity contribution in [3.8, 4) is 0 Å². The highest BCUT2D eigenvalue weighted by atomic mass is 35.5. The summed E-state index contributed by atoms with van der Waals surface area (Å²) in [5, 5.41) is 4.88. The van der Waals surface area contributed by atoms with Crippen molar-refractivity contribution in [2.45, 2.75) is 12.5 Å². The predicted molar refractivity (Wildman–Crippen MR) is 144 cm³/mol. The molecule has 2 aromatic carbocycles. The molecule has 2 aromatic rings. The quantitative estimate of drug-likeness (QED) is 0.357. The van der Waals surface area contributed by atoms with Gasteiger partial charge in [0, 0.05) is 67.3 Å². The zero-order valence-electron chi connectivity index (χ0n) is 19.5. The molecule has 0 amide bonds. The molecule has 2 aliphatic heterocycles. The lowest BCUT2D eigenvalue weighted by molar-refractivity contribution is 0.315.